The van der Waals surface area contributed by atoms with Gasteiger partial charge in [0, 0.05) is 32.2 Å². The minimum absolute atomic E-state index is 0.854. The van der Waals surface area contributed by atoms with Crippen molar-refractivity contribution in [1.82, 2.24) is 9.97 Å². The van der Waals surface area contributed by atoms with Crippen LogP contribution in [0.3, 0.4) is 0 Å². The molecule has 0 N–H and O–H groups in total. The Kier molecular flexibility index (Phi) is 4.32. The van der Waals surface area contributed by atoms with Gasteiger partial charge >= 0.3 is 0 Å². The molecule has 2 saturated heterocycles. The summed E-state index contributed by atoms with van der Waals surface area (Å²) in [6.07, 6.45) is 5.11. The lowest BCUT2D eigenvalue weighted by molar-refractivity contribution is 0.433. The number of rotatable bonds is 2. The smallest absolute Gasteiger partial charge is 0.134 e. The summed E-state index contributed by atoms with van der Waals surface area (Å²) in [5.74, 6) is 4.87. The Morgan fingerprint density at radius 3 is 1.57 bits per heavy atom. The molecule has 0 radical (unpaired) electrons. The molecule has 3 heterocycles. The number of hydrogen-bond donors (Lipinski definition) is 0. The predicted molar refractivity (Wildman–Crippen MR) is 88.0 cm³/mol. The van der Waals surface area contributed by atoms with Crippen LogP contribution in [-0.4, -0.2) is 36.1 Å². The highest BCUT2D eigenvalue weighted by Gasteiger charge is 2.21. The molecule has 0 saturated carbocycles. The molecule has 0 bridgehead atoms. The van der Waals surface area contributed by atoms with Gasteiger partial charge in [-0.1, -0.05) is 13.8 Å². The van der Waals surface area contributed by atoms with Gasteiger partial charge in [-0.25, -0.2) is 9.97 Å². The van der Waals surface area contributed by atoms with Crippen LogP contribution >= 0.6 is 0 Å². The Hall–Kier alpha value is -1.32. The fraction of sp³-hybridized carbons (Fsp3) is 0.765. The summed E-state index contributed by atoms with van der Waals surface area (Å²) in [5.41, 5.74) is 0. The molecule has 0 unspecified atom stereocenters. The Labute approximate surface area is 128 Å². The maximum Gasteiger partial charge on any atom is 0.134 e. The highest BCUT2D eigenvalue weighted by molar-refractivity contribution is 5.51. The molecule has 2 aliphatic heterocycles. The summed E-state index contributed by atoms with van der Waals surface area (Å²) in [5, 5.41) is 0. The van der Waals surface area contributed by atoms with Crippen molar-refractivity contribution in [2.24, 2.45) is 11.8 Å². The van der Waals surface area contributed by atoms with Crippen LogP contribution in [0.1, 0.15) is 45.4 Å². The van der Waals surface area contributed by atoms with E-state index in [1.165, 1.54) is 25.7 Å². The van der Waals surface area contributed by atoms with E-state index in [1.54, 1.807) is 0 Å². The molecule has 116 valence electrons. The lowest BCUT2D eigenvalue weighted by Crippen LogP contribution is -2.35. The van der Waals surface area contributed by atoms with Crippen molar-refractivity contribution in [3.63, 3.8) is 0 Å². The van der Waals surface area contributed by atoms with E-state index in [2.05, 4.69) is 39.7 Å². The Bertz CT molecular complexity index is 431. The second kappa shape index (κ2) is 6.20. The highest BCUT2D eigenvalue weighted by Crippen LogP contribution is 2.26. The van der Waals surface area contributed by atoms with Crippen LogP contribution in [0.4, 0.5) is 11.6 Å². The fourth-order valence-electron chi connectivity index (χ4n) is 3.34. The van der Waals surface area contributed by atoms with Gasteiger partial charge in [-0.3, -0.25) is 0 Å². The van der Waals surface area contributed by atoms with E-state index in [-0.39, 0.29) is 0 Å². The molecule has 0 aliphatic carbocycles. The number of hydrogen-bond acceptors (Lipinski definition) is 4. The average Bonchev–Trinajstić information content (AvgIpc) is 2.48. The van der Waals surface area contributed by atoms with Crippen LogP contribution in [0.15, 0.2) is 6.07 Å². The van der Waals surface area contributed by atoms with Gasteiger partial charge in [-0.2, -0.15) is 0 Å². The van der Waals surface area contributed by atoms with Gasteiger partial charge in [0.2, 0.25) is 0 Å². The van der Waals surface area contributed by atoms with E-state index in [1.807, 2.05) is 6.92 Å². The Balaban J connectivity index is 1.76. The first kappa shape index (κ1) is 14.6. The zero-order chi connectivity index (χ0) is 14.8. The molecule has 1 aromatic heterocycles. The SMILES string of the molecule is Cc1nc(N2CCC(C)CC2)cc(N2CCC(C)CC2)n1. The van der Waals surface area contributed by atoms with Crippen LogP contribution in [-0.2, 0) is 0 Å². The molecule has 4 nitrogen and oxygen atoms in total. The van der Waals surface area contributed by atoms with Gasteiger partial charge in [0.1, 0.15) is 17.5 Å². The lowest BCUT2D eigenvalue weighted by Gasteiger charge is -2.34. The van der Waals surface area contributed by atoms with Gasteiger partial charge < -0.3 is 9.80 Å². The topological polar surface area (TPSA) is 32.3 Å². The number of anilines is 2. The average molecular weight is 288 g/mol. The van der Waals surface area contributed by atoms with Crippen LogP contribution in [0, 0.1) is 18.8 Å². The first-order valence-corrected chi connectivity index (χ1v) is 8.47. The summed E-state index contributed by atoms with van der Waals surface area (Å²) in [4.78, 5) is 14.2. The molecular weight excluding hydrogens is 260 g/mol. The third-order valence-corrected chi connectivity index (χ3v) is 5.03. The van der Waals surface area contributed by atoms with Crippen molar-refractivity contribution in [1.29, 1.82) is 0 Å². The van der Waals surface area contributed by atoms with Gasteiger partial charge in [0.25, 0.3) is 0 Å². The molecular formula is C17H28N4. The minimum Gasteiger partial charge on any atom is -0.356 e. The van der Waals surface area contributed by atoms with Crippen LogP contribution in [0.25, 0.3) is 0 Å². The van der Waals surface area contributed by atoms with Crippen molar-refractivity contribution >= 4 is 11.6 Å². The van der Waals surface area contributed by atoms with E-state index in [9.17, 15) is 0 Å². The zero-order valence-corrected chi connectivity index (χ0v) is 13.7. The van der Waals surface area contributed by atoms with Crippen molar-refractivity contribution in [3.8, 4) is 0 Å². The van der Waals surface area contributed by atoms with Gasteiger partial charge in [-0.05, 0) is 44.4 Å². The quantitative estimate of drug-likeness (QED) is 0.836. The molecule has 2 fully saturated rings. The third kappa shape index (κ3) is 3.47. The zero-order valence-electron chi connectivity index (χ0n) is 13.7. The number of aryl methyl sites for hydroxylation is 1. The Morgan fingerprint density at radius 2 is 1.19 bits per heavy atom. The molecule has 4 heteroatoms. The van der Waals surface area contributed by atoms with Gasteiger partial charge in [0.15, 0.2) is 0 Å². The maximum atomic E-state index is 4.68. The number of nitrogens with zero attached hydrogens (tertiary/aromatic N) is 4. The molecule has 2 aliphatic rings. The van der Waals surface area contributed by atoms with E-state index >= 15 is 0 Å². The number of piperidine rings is 2. The van der Waals surface area contributed by atoms with Crippen LogP contribution in [0.2, 0.25) is 0 Å². The van der Waals surface area contributed by atoms with Gasteiger partial charge in [0.05, 0.1) is 0 Å². The fourth-order valence-corrected chi connectivity index (χ4v) is 3.34. The van der Waals surface area contributed by atoms with Gasteiger partial charge in [-0.15, -0.1) is 0 Å². The second-order valence-corrected chi connectivity index (χ2v) is 6.97. The summed E-state index contributed by atoms with van der Waals surface area (Å²) < 4.78 is 0. The molecule has 1 aromatic rings. The molecule has 0 amide bonds. The monoisotopic (exact) mass is 288 g/mol. The van der Waals surface area contributed by atoms with E-state index in [0.717, 1.165) is 55.5 Å². The standard InChI is InChI=1S/C17H28N4/c1-13-4-8-20(9-5-13)16-12-17(19-15(3)18-16)21-10-6-14(2)7-11-21/h12-14H,4-11H2,1-3H3. The molecule has 0 aromatic carbocycles. The molecule has 0 spiro atoms. The van der Waals surface area contributed by atoms with Crippen molar-refractivity contribution < 1.29 is 0 Å². The largest absolute Gasteiger partial charge is 0.356 e. The number of aromatic nitrogens is 2. The maximum absolute atomic E-state index is 4.68. The predicted octanol–water partition coefficient (Wildman–Crippen LogP) is 3.26. The first-order valence-electron chi connectivity index (χ1n) is 8.47. The third-order valence-electron chi connectivity index (χ3n) is 5.03. The molecule has 0 atom stereocenters. The molecule has 3 rings (SSSR count). The lowest BCUT2D eigenvalue weighted by atomic mass is 9.99. The van der Waals surface area contributed by atoms with Crippen LogP contribution < -0.4 is 9.80 Å². The summed E-state index contributed by atoms with van der Waals surface area (Å²) in [6.45, 7) is 11.3. The normalized spacial score (nSPS) is 21.9. The van der Waals surface area contributed by atoms with Crippen molar-refractivity contribution in [2.45, 2.75) is 46.5 Å². The summed E-state index contributed by atoms with van der Waals surface area (Å²) in [6, 6.07) is 2.21. The van der Waals surface area contributed by atoms with E-state index in [0.29, 0.717) is 0 Å². The minimum atomic E-state index is 0.854. The van der Waals surface area contributed by atoms with E-state index < -0.39 is 0 Å². The van der Waals surface area contributed by atoms with Crippen LogP contribution in [0.5, 0.6) is 0 Å². The second-order valence-electron chi connectivity index (χ2n) is 6.97. The van der Waals surface area contributed by atoms with Crippen molar-refractivity contribution in [3.05, 3.63) is 11.9 Å². The van der Waals surface area contributed by atoms with Crippen molar-refractivity contribution in [2.75, 3.05) is 36.0 Å². The molecule has 21 heavy (non-hydrogen) atoms. The highest BCUT2D eigenvalue weighted by atomic mass is 15.2. The van der Waals surface area contributed by atoms with E-state index in [4.69, 9.17) is 0 Å². The first-order chi connectivity index (χ1) is 10.1. The summed E-state index contributed by atoms with van der Waals surface area (Å²) >= 11 is 0. The summed E-state index contributed by atoms with van der Waals surface area (Å²) in [7, 11) is 0. The Morgan fingerprint density at radius 1 is 0.810 bits per heavy atom.